The Labute approximate surface area is 108 Å². The van der Waals surface area contributed by atoms with Crippen LogP contribution in [0, 0.1) is 0 Å². The first-order chi connectivity index (χ1) is 7.68. The van der Waals surface area contributed by atoms with Crippen LogP contribution in [0.1, 0.15) is 52.4 Å². The molecule has 0 amide bonds. The molecule has 1 saturated carbocycles. The van der Waals surface area contributed by atoms with Crippen molar-refractivity contribution in [1.29, 1.82) is 0 Å². The van der Waals surface area contributed by atoms with Gasteiger partial charge in [-0.3, -0.25) is 0 Å². The largest absolute Gasteiger partial charge is 0.376 e. The topological polar surface area (TPSA) is 18.5 Å². The van der Waals surface area contributed by atoms with Crippen molar-refractivity contribution in [3.8, 4) is 0 Å². The van der Waals surface area contributed by atoms with E-state index in [1.165, 1.54) is 38.5 Å². The molecule has 96 valence electrons. The number of rotatable bonds is 6. The molecule has 1 rings (SSSR count). The monoisotopic (exact) mass is 292 g/mol. The maximum absolute atomic E-state index is 6.08. The Morgan fingerprint density at radius 3 is 2.19 bits per heavy atom. The van der Waals surface area contributed by atoms with E-state index in [-0.39, 0.29) is 5.60 Å². The van der Waals surface area contributed by atoms with Gasteiger partial charge in [-0.25, -0.2) is 0 Å². The highest BCUT2D eigenvalue weighted by Crippen LogP contribution is 2.32. The molecule has 16 heavy (non-hydrogen) atoms. The highest BCUT2D eigenvalue weighted by molar-refractivity contribution is 9.09. The van der Waals surface area contributed by atoms with Crippen LogP contribution in [0.25, 0.3) is 0 Å². The number of alkyl halides is 1. The van der Waals surface area contributed by atoms with E-state index < -0.39 is 0 Å². The third-order valence-corrected chi connectivity index (χ3v) is 4.22. The zero-order valence-corrected chi connectivity index (χ0v) is 12.2. The summed E-state index contributed by atoms with van der Waals surface area (Å²) in [5, 5.41) is 0.960. The molecule has 0 unspecified atom stereocenters. The third kappa shape index (κ3) is 5.15. The van der Waals surface area contributed by atoms with E-state index in [9.17, 15) is 0 Å². The Morgan fingerprint density at radius 2 is 1.69 bits per heavy atom. The zero-order chi connectivity index (χ0) is 11.9. The summed E-state index contributed by atoms with van der Waals surface area (Å²) < 4.78 is 11.6. The van der Waals surface area contributed by atoms with Crippen LogP contribution in [0.15, 0.2) is 0 Å². The zero-order valence-electron chi connectivity index (χ0n) is 10.6. The first-order valence-electron chi connectivity index (χ1n) is 6.50. The second-order valence-corrected chi connectivity index (χ2v) is 5.56. The number of hydrogen-bond acceptors (Lipinski definition) is 2. The summed E-state index contributed by atoms with van der Waals surface area (Å²) in [4.78, 5) is 0. The molecule has 0 aromatic carbocycles. The van der Waals surface area contributed by atoms with Gasteiger partial charge in [0.05, 0.1) is 24.9 Å². The van der Waals surface area contributed by atoms with Crippen molar-refractivity contribution in [1.82, 2.24) is 0 Å². The molecule has 0 radical (unpaired) electrons. The molecule has 0 saturated heterocycles. The van der Waals surface area contributed by atoms with Crippen LogP contribution < -0.4 is 0 Å². The lowest BCUT2D eigenvalue weighted by molar-refractivity contribution is -0.0686. The summed E-state index contributed by atoms with van der Waals surface area (Å²) >= 11 is 3.62. The first kappa shape index (κ1) is 14.5. The molecule has 0 N–H and O–H groups in total. The van der Waals surface area contributed by atoms with Crippen LogP contribution in [-0.2, 0) is 9.47 Å². The highest BCUT2D eigenvalue weighted by Gasteiger charge is 2.30. The molecule has 0 aliphatic heterocycles. The molecule has 0 aromatic rings. The van der Waals surface area contributed by atoms with Crippen molar-refractivity contribution in [3.05, 3.63) is 0 Å². The first-order valence-corrected chi connectivity index (χ1v) is 7.62. The molecular weight excluding hydrogens is 268 g/mol. The van der Waals surface area contributed by atoms with E-state index in [4.69, 9.17) is 9.47 Å². The van der Waals surface area contributed by atoms with Crippen molar-refractivity contribution in [2.45, 2.75) is 64.1 Å². The minimum absolute atomic E-state index is 0.0802. The van der Waals surface area contributed by atoms with Gasteiger partial charge in [-0.05, 0) is 26.7 Å². The van der Waals surface area contributed by atoms with Gasteiger partial charge >= 0.3 is 0 Å². The average Bonchev–Trinajstić information content (AvgIpc) is 2.50. The second kappa shape index (κ2) is 7.67. The van der Waals surface area contributed by atoms with Crippen LogP contribution in [-0.4, -0.2) is 30.2 Å². The number of hydrogen-bond donors (Lipinski definition) is 0. The predicted molar refractivity (Wildman–Crippen MR) is 71.3 cm³/mol. The van der Waals surface area contributed by atoms with Crippen LogP contribution >= 0.6 is 15.9 Å². The number of ether oxygens (including phenoxy) is 2. The van der Waals surface area contributed by atoms with Crippen molar-refractivity contribution < 1.29 is 9.47 Å². The Bertz CT molecular complexity index is 175. The van der Waals surface area contributed by atoms with Gasteiger partial charge in [0.1, 0.15) is 0 Å². The molecular formula is C13H25BrO2. The molecule has 1 aliphatic rings. The van der Waals surface area contributed by atoms with Gasteiger partial charge in [-0.1, -0.05) is 41.6 Å². The molecule has 2 nitrogen and oxygen atoms in total. The summed E-state index contributed by atoms with van der Waals surface area (Å²) in [6.45, 7) is 5.56. The lowest BCUT2D eigenvalue weighted by Gasteiger charge is -2.31. The molecule has 0 heterocycles. The van der Waals surface area contributed by atoms with Crippen molar-refractivity contribution >= 4 is 15.9 Å². The van der Waals surface area contributed by atoms with Gasteiger partial charge in [0.25, 0.3) is 0 Å². The predicted octanol–water partition coefficient (Wildman–Crippen LogP) is 3.92. The van der Waals surface area contributed by atoms with Crippen molar-refractivity contribution in [2.75, 3.05) is 18.5 Å². The van der Waals surface area contributed by atoms with E-state index in [2.05, 4.69) is 29.8 Å². The summed E-state index contributed by atoms with van der Waals surface area (Å²) in [5.41, 5.74) is 0.0802. The molecule has 0 atom stereocenters. The van der Waals surface area contributed by atoms with Crippen LogP contribution in [0.4, 0.5) is 0 Å². The van der Waals surface area contributed by atoms with Gasteiger partial charge in [0.2, 0.25) is 0 Å². The Hall–Kier alpha value is 0.400. The Morgan fingerprint density at radius 1 is 1.06 bits per heavy atom. The fourth-order valence-electron chi connectivity index (χ4n) is 2.23. The van der Waals surface area contributed by atoms with E-state index in [1.807, 2.05) is 0 Å². The molecule has 1 aliphatic carbocycles. The SMILES string of the molecule is CC(C)OCCOC1(CBr)CCCCCC1. The van der Waals surface area contributed by atoms with Gasteiger partial charge in [0, 0.05) is 5.33 Å². The molecule has 1 fully saturated rings. The average molecular weight is 293 g/mol. The Balaban J connectivity index is 2.28. The Kier molecular flexibility index (Phi) is 6.94. The maximum atomic E-state index is 6.08. The minimum Gasteiger partial charge on any atom is -0.376 e. The minimum atomic E-state index is 0.0802. The van der Waals surface area contributed by atoms with E-state index in [1.54, 1.807) is 0 Å². The highest BCUT2D eigenvalue weighted by atomic mass is 79.9. The maximum Gasteiger partial charge on any atom is 0.0780 e. The van der Waals surface area contributed by atoms with Crippen LogP contribution in [0.3, 0.4) is 0 Å². The smallest absolute Gasteiger partial charge is 0.0780 e. The summed E-state index contributed by atoms with van der Waals surface area (Å²) in [6, 6.07) is 0. The lowest BCUT2D eigenvalue weighted by atomic mass is 9.97. The van der Waals surface area contributed by atoms with Gasteiger partial charge in [-0.15, -0.1) is 0 Å². The van der Waals surface area contributed by atoms with Gasteiger partial charge in [-0.2, -0.15) is 0 Å². The summed E-state index contributed by atoms with van der Waals surface area (Å²) in [5.74, 6) is 0. The van der Waals surface area contributed by atoms with E-state index >= 15 is 0 Å². The molecule has 0 spiro atoms. The normalized spacial score (nSPS) is 21.0. The standard InChI is InChI=1S/C13H25BrO2/c1-12(2)15-9-10-16-13(11-14)7-5-3-4-6-8-13/h12H,3-11H2,1-2H3. The molecule has 0 bridgehead atoms. The molecule has 0 aromatic heterocycles. The van der Waals surface area contributed by atoms with Crippen LogP contribution in [0.5, 0.6) is 0 Å². The quantitative estimate of drug-likeness (QED) is 0.420. The molecule has 3 heteroatoms. The second-order valence-electron chi connectivity index (χ2n) is 5.00. The van der Waals surface area contributed by atoms with Crippen molar-refractivity contribution in [3.63, 3.8) is 0 Å². The van der Waals surface area contributed by atoms with Crippen LogP contribution in [0.2, 0.25) is 0 Å². The summed E-state index contributed by atoms with van der Waals surface area (Å²) in [6.07, 6.45) is 8.02. The summed E-state index contributed by atoms with van der Waals surface area (Å²) in [7, 11) is 0. The fraction of sp³-hybridized carbons (Fsp3) is 1.00. The number of halogens is 1. The van der Waals surface area contributed by atoms with Crippen molar-refractivity contribution in [2.24, 2.45) is 0 Å². The van der Waals surface area contributed by atoms with E-state index in [0.717, 1.165) is 11.9 Å². The van der Waals surface area contributed by atoms with Gasteiger partial charge in [0.15, 0.2) is 0 Å². The lowest BCUT2D eigenvalue weighted by Crippen LogP contribution is -2.35. The van der Waals surface area contributed by atoms with Gasteiger partial charge < -0.3 is 9.47 Å². The fourth-order valence-corrected chi connectivity index (χ4v) is 2.95. The third-order valence-electron chi connectivity index (χ3n) is 3.20. The van der Waals surface area contributed by atoms with E-state index in [0.29, 0.717) is 12.7 Å².